The van der Waals surface area contributed by atoms with Gasteiger partial charge in [-0.15, -0.1) is 0 Å². The third kappa shape index (κ3) is 3.82. The molecule has 3 amide bonds. The Morgan fingerprint density at radius 3 is 2.58 bits per heavy atom. The first-order valence-electron chi connectivity index (χ1n) is 9.28. The van der Waals surface area contributed by atoms with E-state index in [0.29, 0.717) is 39.0 Å². The Balaban J connectivity index is 1.59. The summed E-state index contributed by atoms with van der Waals surface area (Å²) >= 11 is 0. The van der Waals surface area contributed by atoms with E-state index >= 15 is 0 Å². The molecular formula is C19H28N4O3. The largest absolute Gasteiger partial charge is 0.385 e. The van der Waals surface area contributed by atoms with Crippen LogP contribution in [0.25, 0.3) is 0 Å². The van der Waals surface area contributed by atoms with Crippen molar-refractivity contribution in [1.29, 1.82) is 0 Å². The number of aliphatic hydroxyl groups is 1. The van der Waals surface area contributed by atoms with Crippen molar-refractivity contribution in [3.8, 4) is 0 Å². The van der Waals surface area contributed by atoms with E-state index in [4.69, 9.17) is 0 Å². The third-order valence-electron chi connectivity index (χ3n) is 5.52. The minimum atomic E-state index is -0.912. The van der Waals surface area contributed by atoms with E-state index in [1.165, 1.54) is 0 Å². The predicted octanol–water partition coefficient (Wildman–Crippen LogP) is 1.29. The Hall–Kier alpha value is -2.15. The molecule has 1 N–H and O–H groups in total. The Labute approximate surface area is 154 Å². The number of nitrogens with zero attached hydrogens (tertiary/aromatic N) is 4. The fraction of sp³-hybridized carbons (Fsp3) is 0.632. The van der Waals surface area contributed by atoms with E-state index < -0.39 is 5.60 Å². The summed E-state index contributed by atoms with van der Waals surface area (Å²) in [6.07, 6.45) is 6.08. The van der Waals surface area contributed by atoms with Crippen LogP contribution in [0.4, 0.5) is 4.79 Å². The van der Waals surface area contributed by atoms with E-state index in [0.717, 1.165) is 18.4 Å². The van der Waals surface area contributed by atoms with E-state index in [2.05, 4.69) is 4.98 Å². The van der Waals surface area contributed by atoms with Crippen LogP contribution >= 0.6 is 0 Å². The van der Waals surface area contributed by atoms with Crippen LogP contribution in [0.15, 0.2) is 24.5 Å². The fourth-order valence-electron chi connectivity index (χ4n) is 3.92. The Morgan fingerprint density at radius 1 is 1.23 bits per heavy atom. The molecule has 142 valence electrons. The molecular weight excluding hydrogens is 332 g/mol. The molecule has 0 aliphatic carbocycles. The van der Waals surface area contributed by atoms with Crippen LogP contribution in [0.3, 0.4) is 0 Å². The second-order valence-electron chi connectivity index (χ2n) is 7.56. The predicted molar refractivity (Wildman–Crippen MR) is 97.3 cm³/mol. The van der Waals surface area contributed by atoms with Gasteiger partial charge in [0.25, 0.3) is 0 Å². The highest BCUT2D eigenvalue weighted by Crippen LogP contribution is 2.33. The molecule has 1 aromatic heterocycles. The number of hydrogen-bond acceptors (Lipinski definition) is 4. The highest BCUT2D eigenvalue weighted by Gasteiger charge is 2.38. The summed E-state index contributed by atoms with van der Waals surface area (Å²) in [6, 6.07) is 3.67. The van der Waals surface area contributed by atoms with Crippen LogP contribution in [-0.4, -0.2) is 77.0 Å². The molecule has 3 rings (SSSR count). The monoisotopic (exact) mass is 360 g/mol. The maximum atomic E-state index is 12.9. The maximum Gasteiger partial charge on any atom is 0.319 e. The smallest absolute Gasteiger partial charge is 0.319 e. The molecule has 0 spiro atoms. The second-order valence-corrected chi connectivity index (χ2v) is 7.56. The first-order valence-corrected chi connectivity index (χ1v) is 9.28. The molecule has 26 heavy (non-hydrogen) atoms. The van der Waals surface area contributed by atoms with Crippen molar-refractivity contribution < 1.29 is 14.7 Å². The SMILES string of the molecule is CN(C)C(=O)N1CCCC(C(=O)N2CCC(O)(c3cccnc3)CC2)C1. The number of rotatable bonds is 2. The molecule has 0 bridgehead atoms. The second kappa shape index (κ2) is 7.61. The zero-order chi connectivity index (χ0) is 18.7. The topological polar surface area (TPSA) is 77.0 Å². The van der Waals surface area contributed by atoms with Crippen molar-refractivity contribution in [2.24, 2.45) is 5.92 Å². The summed E-state index contributed by atoms with van der Waals surface area (Å²) in [5, 5.41) is 10.9. The quantitative estimate of drug-likeness (QED) is 0.862. The van der Waals surface area contributed by atoms with Gasteiger partial charge in [-0.25, -0.2) is 4.79 Å². The van der Waals surface area contributed by atoms with Gasteiger partial charge in [0.2, 0.25) is 5.91 Å². The number of carbonyl (C=O) groups excluding carboxylic acids is 2. The fourth-order valence-corrected chi connectivity index (χ4v) is 3.92. The number of carbonyl (C=O) groups is 2. The summed E-state index contributed by atoms with van der Waals surface area (Å²) in [4.78, 5) is 34.4. The maximum absolute atomic E-state index is 12.9. The zero-order valence-electron chi connectivity index (χ0n) is 15.6. The third-order valence-corrected chi connectivity index (χ3v) is 5.52. The van der Waals surface area contributed by atoms with Gasteiger partial charge in [0, 0.05) is 58.2 Å². The zero-order valence-corrected chi connectivity index (χ0v) is 15.6. The van der Waals surface area contributed by atoms with Gasteiger partial charge >= 0.3 is 6.03 Å². The lowest BCUT2D eigenvalue weighted by molar-refractivity contribution is -0.141. The number of urea groups is 1. The van der Waals surface area contributed by atoms with Gasteiger partial charge in [-0.2, -0.15) is 0 Å². The molecule has 7 heteroatoms. The molecule has 2 saturated heterocycles. The van der Waals surface area contributed by atoms with Crippen LogP contribution in [-0.2, 0) is 10.4 Å². The number of piperidine rings is 2. The minimum Gasteiger partial charge on any atom is -0.385 e. The summed E-state index contributed by atoms with van der Waals surface area (Å²) in [5.74, 6) is -0.0354. The number of hydrogen-bond donors (Lipinski definition) is 1. The van der Waals surface area contributed by atoms with Crippen molar-refractivity contribution in [1.82, 2.24) is 19.7 Å². The lowest BCUT2D eigenvalue weighted by Gasteiger charge is -2.41. The van der Waals surface area contributed by atoms with Crippen molar-refractivity contribution in [2.45, 2.75) is 31.3 Å². The van der Waals surface area contributed by atoms with Gasteiger partial charge in [-0.05, 0) is 31.7 Å². The van der Waals surface area contributed by atoms with Crippen molar-refractivity contribution in [3.05, 3.63) is 30.1 Å². The lowest BCUT2D eigenvalue weighted by Crippen LogP contribution is -2.52. The first-order chi connectivity index (χ1) is 12.4. The summed E-state index contributed by atoms with van der Waals surface area (Å²) < 4.78 is 0. The molecule has 2 aliphatic heterocycles. The average Bonchev–Trinajstić information content (AvgIpc) is 2.68. The molecule has 7 nitrogen and oxygen atoms in total. The van der Waals surface area contributed by atoms with Crippen LogP contribution in [0.1, 0.15) is 31.2 Å². The van der Waals surface area contributed by atoms with Crippen LogP contribution in [0.5, 0.6) is 0 Å². The van der Waals surface area contributed by atoms with Crippen LogP contribution in [0, 0.1) is 5.92 Å². The summed E-state index contributed by atoms with van der Waals surface area (Å²) in [6.45, 7) is 2.26. The number of aromatic nitrogens is 1. The highest BCUT2D eigenvalue weighted by molar-refractivity contribution is 5.81. The van der Waals surface area contributed by atoms with Gasteiger partial charge in [0.1, 0.15) is 0 Å². The minimum absolute atomic E-state index is 0.0351. The summed E-state index contributed by atoms with van der Waals surface area (Å²) in [7, 11) is 3.47. The number of likely N-dealkylation sites (tertiary alicyclic amines) is 2. The molecule has 1 aromatic rings. The average molecular weight is 360 g/mol. The van der Waals surface area contributed by atoms with Crippen molar-refractivity contribution >= 4 is 11.9 Å². The van der Waals surface area contributed by atoms with Crippen LogP contribution < -0.4 is 0 Å². The Bertz CT molecular complexity index is 641. The highest BCUT2D eigenvalue weighted by atomic mass is 16.3. The van der Waals surface area contributed by atoms with E-state index in [1.54, 1.807) is 36.3 Å². The number of pyridine rings is 1. The normalized spacial score (nSPS) is 22.8. The van der Waals surface area contributed by atoms with Gasteiger partial charge < -0.3 is 19.8 Å². The van der Waals surface area contributed by atoms with Crippen molar-refractivity contribution in [2.75, 3.05) is 40.3 Å². The molecule has 0 aromatic carbocycles. The lowest BCUT2D eigenvalue weighted by atomic mass is 9.84. The molecule has 1 unspecified atom stereocenters. The Kier molecular flexibility index (Phi) is 5.46. The first kappa shape index (κ1) is 18.6. The molecule has 0 saturated carbocycles. The van der Waals surface area contributed by atoms with E-state index in [1.807, 2.05) is 17.0 Å². The molecule has 1 atom stereocenters. The molecule has 2 fully saturated rings. The molecule has 2 aliphatic rings. The van der Waals surface area contributed by atoms with Gasteiger partial charge in [0.15, 0.2) is 0 Å². The van der Waals surface area contributed by atoms with Gasteiger partial charge in [0.05, 0.1) is 11.5 Å². The number of amides is 3. The molecule has 0 radical (unpaired) electrons. The standard InChI is InChI=1S/C19H28N4O3/c1-21(2)18(25)23-10-4-5-15(14-23)17(24)22-11-7-19(26,8-12-22)16-6-3-9-20-13-16/h3,6,9,13,15,26H,4-5,7-8,10-12,14H2,1-2H3. The van der Waals surface area contributed by atoms with E-state index in [-0.39, 0.29) is 17.9 Å². The van der Waals surface area contributed by atoms with Crippen LogP contribution in [0.2, 0.25) is 0 Å². The molecule has 3 heterocycles. The van der Waals surface area contributed by atoms with E-state index in [9.17, 15) is 14.7 Å². The van der Waals surface area contributed by atoms with Gasteiger partial charge in [-0.3, -0.25) is 9.78 Å². The van der Waals surface area contributed by atoms with Gasteiger partial charge in [-0.1, -0.05) is 6.07 Å². The van der Waals surface area contributed by atoms with Crippen molar-refractivity contribution in [3.63, 3.8) is 0 Å². The Morgan fingerprint density at radius 2 is 1.96 bits per heavy atom. The summed E-state index contributed by atoms with van der Waals surface area (Å²) in [5.41, 5.74) is -0.0997.